The van der Waals surface area contributed by atoms with Crippen LogP contribution in [0.15, 0.2) is 36.7 Å². The molecule has 0 bridgehead atoms. The van der Waals surface area contributed by atoms with Crippen molar-refractivity contribution in [2.75, 3.05) is 17.2 Å². The third-order valence-electron chi connectivity index (χ3n) is 2.61. The van der Waals surface area contributed by atoms with Gasteiger partial charge in [-0.25, -0.2) is 9.97 Å². The smallest absolute Gasteiger partial charge is 0.274 e. The van der Waals surface area contributed by atoms with Crippen LogP contribution in [0, 0.1) is 0 Å². The molecule has 0 atom stereocenters. The molecule has 0 saturated heterocycles. The highest BCUT2D eigenvalue weighted by Crippen LogP contribution is 2.16. The molecule has 0 fully saturated rings. The third-order valence-corrected chi connectivity index (χ3v) is 2.61. The molecule has 0 radical (unpaired) electrons. The molecule has 0 aliphatic rings. The zero-order chi connectivity index (χ0) is 15.9. The van der Waals surface area contributed by atoms with Gasteiger partial charge in [-0.3, -0.25) is 9.59 Å². The molecule has 0 spiro atoms. The molecule has 114 valence electrons. The predicted octanol–water partition coefficient (Wildman–Crippen LogP) is 2.09. The second-order valence-electron chi connectivity index (χ2n) is 4.39. The van der Waals surface area contributed by atoms with Crippen LogP contribution < -0.4 is 15.4 Å². The van der Waals surface area contributed by atoms with Crippen LogP contribution in [0.25, 0.3) is 0 Å². The Morgan fingerprint density at radius 2 is 1.86 bits per heavy atom. The van der Waals surface area contributed by atoms with Crippen molar-refractivity contribution in [3.05, 3.63) is 42.4 Å². The van der Waals surface area contributed by atoms with E-state index in [-0.39, 0.29) is 17.5 Å². The number of amides is 2. The first-order valence-corrected chi connectivity index (χ1v) is 6.72. The first kappa shape index (κ1) is 15.4. The second kappa shape index (κ2) is 7.16. The summed E-state index contributed by atoms with van der Waals surface area (Å²) in [5.74, 6) is -0.224. The van der Waals surface area contributed by atoms with Crippen LogP contribution in [0.2, 0.25) is 0 Å². The van der Waals surface area contributed by atoms with Gasteiger partial charge in [-0.05, 0) is 25.1 Å². The van der Waals surface area contributed by atoms with Crippen LogP contribution in [0.3, 0.4) is 0 Å². The normalized spacial score (nSPS) is 9.91. The Labute approximate surface area is 127 Å². The van der Waals surface area contributed by atoms with Crippen molar-refractivity contribution in [1.82, 2.24) is 9.97 Å². The fourth-order valence-electron chi connectivity index (χ4n) is 1.76. The summed E-state index contributed by atoms with van der Waals surface area (Å²) in [6, 6.07) is 8.30. The van der Waals surface area contributed by atoms with E-state index >= 15 is 0 Å². The van der Waals surface area contributed by atoms with Crippen molar-refractivity contribution in [1.29, 1.82) is 0 Å². The summed E-state index contributed by atoms with van der Waals surface area (Å²) in [6.07, 6.45) is 1.27. The van der Waals surface area contributed by atoms with Crippen LogP contribution in [0.5, 0.6) is 5.88 Å². The maximum atomic E-state index is 12.2. The first-order valence-electron chi connectivity index (χ1n) is 6.72. The zero-order valence-electron chi connectivity index (χ0n) is 12.3. The molecule has 0 aliphatic heterocycles. The van der Waals surface area contributed by atoms with Gasteiger partial charge < -0.3 is 15.4 Å². The van der Waals surface area contributed by atoms with Gasteiger partial charge in [0, 0.05) is 24.4 Å². The lowest BCUT2D eigenvalue weighted by Gasteiger charge is -2.08. The molecule has 0 unspecified atom stereocenters. The summed E-state index contributed by atoms with van der Waals surface area (Å²) in [6.45, 7) is 3.70. The number of hydrogen-bond acceptors (Lipinski definition) is 5. The maximum absolute atomic E-state index is 12.2. The average Bonchev–Trinajstić information content (AvgIpc) is 2.47. The van der Waals surface area contributed by atoms with Crippen molar-refractivity contribution in [3.63, 3.8) is 0 Å². The Morgan fingerprint density at radius 1 is 1.14 bits per heavy atom. The molecular weight excluding hydrogens is 284 g/mol. The van der Waals surface area contributed by atoms with Crippen molar-refractivity contribution in [2.24, 2.45) is 0 Å². The van der Waals surface area contributed by atoms with Gasteiger partial charge in [0.1, 0.15) is 12.0 Å². The van der Waals surface area contributed by atoms with E-state index in [0.29, 0.717) is 23.9 Å². The monoisotopic (exact) mass is 300 g/mol. The molecule has 1 heterocycles. The largest absolute Gasteiger partial charge is 0.478 e. The Hall–Kier alpha value is -2.96. The molecule has 7 heteroatoms. The quantitative estimate of drug-likeness (QED) is 0.882. The van der Waals surface area contributed by atoms with Gasteiger partial charge in [-0.2, -0.15) is 0 Å². The van der Waals surface area contributed by atoms with E-state index in [1.807, 2.05) is 6.92 Å². The molecule has 2 rings (SSSR count). The SMILES string of the molecule is CCOc1cc(C(=O)Nc2cccc(NC(C)=O)c2)ncn1. The molecule has 1 aromatic carbocycles. The fraction of sp³-hybridized carbons (Fsp3) is 0.200. The zero-order valence-corrected chi connectivity index (χ0v) is 12.3. The Balaban J connectivity index is 2.11. The average molecular weight is 300 g/mol. The number of aromatic nitrogens is 2. The van der Waals surface area contributed by atoms with E-state index < -0.39 is 0 Å². The van der Waals surface area contributed by atoms with Crippen LogP contribution in [-0.4, -0.2) is 28.4 Å². The van der Waals surface area contributed by atoms with Gasteiger partial charge in [0.05, 0.1) is 6.61 Å². The number of nitrogens with one attached hydrogen (secondary N) is 2. The summed E-state index contributed by atoms with van der Waals surface area (Å²) in [4.78, 5) is 31.0. The van der Waals surface area contributed by atoms with Crippen LogP contribution in [0.4, 0.5) is 11.4 Å². The highest BCUT2D eigenvalue weighted by atomic mass is 16.5. The first-order chi connectivity index (χ1) is 10.6. The summed E-state index contributed by atoms with van der Waals surface area (Å²) >= 11 is 0. The van der Waals surface area contributed by atoms with E-state index in [2.05, 4.69) is 20.6 Å². The van der Waals surface area contributed by atoms with E-state index in [9.17, 15) is 9.59 Å². The van der Waals surface area contributed by atoms with Crippen LogP contribution >= 0.6 is 0 Å². The Kier molecular flexibility index (Phi) is 5.02. The summed E-state index contributed by atoms with van der Waals surface area (Å²) in [5, 5.41) is 5.35. The summed E-state index contributed by atoms with van der Waals surface area (Å²) in [5.41, 5.74) is 1.35. The number of ether oxygens (including phenoxy) is 1. The minimum atomic E-state index is -0.386. The lowest BCUT2D eigenvalue weighted by molar-refractivity contribution is -0.114. The van der Waals surface area contributed by atoms with Crippen LogP contribution in [-0.2, 0) is 4.79 Å². The van der Waals surface area contributed by atoms with Gasteiger partial charge in [0.25, 0.3) is 5.91 Å². The molecular formula is C15H16N4O3. The van der Waals surface area contributed by atoms with Gasteiger partial charge >= 0.3 is 0 Å². The van der Waals surface area contributed by atoms with Gasteiger partial charge in [0.15, 0.2) is 0 Å². The molecule has 1 aromatic heterocycles. The summed E-state index contributed by atoms with van der Waals surface area (Å²) < 4.78 is 5.23. The standard InChI is InChI=1S/C15H16N4O3/c1-3-22-14-8-13(16-9-17-14)15(21)19-12-6-4-5-11(7-12)18-10(2)20/h4-9H,3H2,1-2H3,(H,18,20)(H,19,21). The van der Waals surface area contributed by atoms with E-state index in [4.69, 9.17) is 4.74 Å². The van der Waals surface area contributed by atoms with E-state index in [0.717, 1.165) is 0 Å². The van der Waals surface area contributed by atoms with Crippen molar-refractivity contribution in [2.45, 2.75) is 13.8 Å². The number of anilines is 2. The number of carbonyl (C=O) groups is 2. The maximum Gasteiger partial charge on any atom is 0.274 e. The predicted molar refractivity (Wildman–Crippen MR) is 81.9 cm³/mol. The highest BCUT2D eigenvalue weighted by molar-refractivity contribution is 6.03. The minimum absolute atomic E-state index is 0.180. The number of nitrogens with zero attached hydrogens (tertiary/aromatic N) is 2. The fourth-order valence-corrected chi connectivity index (χ4v) is 1.76. The number of carbonyl (C=O) groups excluding carboxylic acids is 2. The van der Waals surface area contributed by atoms with Gasteiger partial charge in [0.2, 0.25) is 11.8 Å². The molecule has 2 N–H and O–H groups in total. The summed E-state index contributed by atoms with van der Waals surface area (Å²) in [7, 11) is 0. The van der Waals surface area contributed by atoms with Crippen LogP contribution in [0.1, 0.15) is 24.3 Å². The number of rotatable bonds is 5. The molecule has 2 amide bonds. The number of benzene rings is 1. The molecule has 2 aromatic rings. The van der Waals surface area contributed by atoms with Crippen molar-refractivity contribution in [3.8, 4) is 5.88 Å². The third kappa shape index (κ3) is 4.27. The lowest BCUT2D eigenvalue weighted by Crippen LogP contribution is -2.14. The topological polar surface area (TPSA) is 93.2 Å². The van der Waals surface area contributed by atoms with Crippen molar-refractivity contribution < 1.29 is 14.3 Å². The lowest BCUT2D eigenvalue weighted by atomic mass is 10.2. The Bertz CT molecular complexity index is 688. The second-order valence-corrected chi connectivity index (χ2v) is 4.39. The number of hydrogen-bond donors (Lipinski definition) is 2. The van der Waals surface area contributed by atoms with Crippen molar-refractivity contribution >= 4 is 23.2 Å². The van der Waals surface area contributed by atoms with E-state index in [1.165, 1.54) is 19.3 Å². The Morgan fingerprint density at radius 3 is 2.55 bits per heavy atom. The molecule has 0 saturated carbocycles. The van der Waals surface area contributed by atoms with E-state index in [1.54, 1.807) is 24.3 Å². The van der Waals surface area contributed by atoms with Gasteiger partial charge in [-0.15, -0.1) is 0 Å². The molecule has 22 heavy (non-hydrogen) atoms. The molecule has 7 nitrogen and oxygen atoms in total. The highest BCUT2D eigenvalue weighted by Gasteiger charge is 2.10. The molecule has 0 aliphatic carbocycles. The van der Waals surface area contributed by atoms with Gasteiger partial charge in [-0.1, -0.05) is 6.07 Å². The minimum Gasteiger partial charge on any atom is -0.478 e.